The monoisotopic (exact) mass is 628 g/mol. The van der Waals surface area contributed by atoms with Gasteiger partial charge >= 0.3 is 17.5 Å². The Balaban J connectivity index is 2.66. The molecule has 0 spiro atoms. The van der Waals surface area contributed by atoms with Crippen molar-refractivity contribution in [3.63, 3.8) is 0 Å². The Kier molecular flexibility index (Phi) is 8.94. The lowest BCUT2D eigenvalue weighted by molar-refractivity contribution is -0.387. The molecule has 0 aliphatic rings. The topological polar surface area (TPSA) is 122 Å². The van der Waals surface area contributed by atoms with Gasteiger partial charge in [0.25, 0.3) is 0 Å². The minimum Gasteiger partial charge on any atom is -0.387 e. The Morgan fingerprint density at radius 3 is 1.28 bits per heavy atom. The number of hydrogen-bond donors (Lipinski definition) is 0. The van der Waals surface area contributed by atoms with Gasteiger partial charge in [0.05, 0.1) is 9.85 Å². The highest BCUT2D eigenvalue weighted by Crippen LogP contribution is 2.44. The van der Waals surface area contributed by atoms with E-state index in [4.69, 9.17) is 9.47 Å². The van der Waals surface area contributed by atoms with E-state index in [1.165, 1.54) is 12.1 Å². The van der Waals surface area contributed by atoms with Gasteiger partial charge < -0.3 is 9.47 Å². The molecule has 2 unspecified atom stereocenters. The zero-order valence-electron chi connectivity index (χ0n) is 21.5. The molecule has 0 aliphatic carbocycles. The van der Waals surface area contributed by atoms with E-state index in [0.717, 1.165) is 0 Å². The molecule has 11 heteroatoms. The van der Waals surface area contributed by atoms with Gasteiger partial charge in [0.1, 0.15) is 0 Å². The number of nitro benzene ring substituents is 2. The summed E-state index contributed by atoms with van der Waals surface area (Å²) in [4.78, 5) is 35.3. The number of hydrogen-bond acceptors (Lipinski definition) is 7. The summed E-state index contributed by atoms with van der Waals surface area (Å²) < 4.78 is 10.7. The number of benzene rings is 2. The second-order valence-corrected chi connectivity index (χ2v) is 13.3. The Morgan fingerprint density at radius 1 is 0.750 bits per heavy atom. The van der Waals surface area contributed by atoms with Crippen molar-refractivity contribution in [1.29, 1.82) is 0 Å². The summed E-state index contributed by atoms with van der Waals surface area (Å²) >= 11 is 6.90. The van der Waals surface area contributed by atoms with Crippen LogP contribution in [0.25, 0.3) is 0 Å². The van der Waals surface area contributed by atoms with Gasteiger partial charge in [-0.3, -0.25) is 20.2 Å². The lowest BCUT2D eigenvalue weighted by Gasteiger charge is -2.22. The van der Waals surface area contributed by atoms with Gasteiger partial charge in [-0.05, 0) is 60.1 Å². The van der Waals surface area contributed by atoms with E-state index in [0.29, 0.717) is 22.3 Å². The van der Waals surface area contributed by atoms with Crippen molar-refractivity contribution in [1.82, 2.24) is 0 Å². The predicted molar refractivity (Wildman–Crippen MR) is 145 cm³/mol. The van der Waals surface area contributed by atoms with Crippen molar-refractivity contribution >= 4 is 49.4 Å². The molecule has 2 aromatic carbocycles. The van der Waals surface area contributed by atoms with Crippen molar-refractivity contribution < 1.29 is 24.1 Å². The molecule has 9 nitrogen and oxygen atoms in total. The Labute approximate surface area is 227 Å². The summed E-state index contributed by atoms with van der Waals surface area (Å²) in [5, 5.41) is 24.0. The van der Waals surface area contributed by atoms with Crippen molar-refractivity contribution in [3.05, 3.63) is 66.7 Å². The first-order valence-corrected chi connectivity index (χ1v) is 13.0. The number of nitro groups is 2. The quantitative estimate of drug-likeness (QED) is 0.103. The highest BCUT2D eigenvalue weighted by molar-refractivity contribution is 9.09. The minimum atomic E-state index is -1.32. The van der Waals surface area contributed by atoms with Crippen LogP contribution in [0.2, 0.25) is 0 Å². The van der Waals surface area contributed by atoms with Crippen molar-refractivity contribution in [2.24, 2.45) is 0 Å². The molecule has 0 amide bonds. The van der Waals surface area contributed by atoms with E-state index >= 15 is 0 Å². The van der Waals surface area contributed by atoms with Gasteiger partial charge in [0, 0.05) is 20.8 Å². The normalized spacial score (nSPS) is 13.6. The van der Waals surface area contributed by atoms with Crippen LogP contribution < -0.4 is 9.47 Å². The fourth-order valence-electron chi connectivity index (χ4n) is 3.59. The first-order valence-electron chi connectivity index (χ1n) is 11.2. The van der Waals surface area contributed by atoms with Crippen LogP contribution in [-0.4, -0.2) is 16.0 Å². The first-order chi connectivity index (χ1) is 16.3. The molecule has 196 valence electrons. The second-order valence-electron chi connectivity index (χ2n) is 10.5. The summed E-state index contributed by atoms with van der Waals surface area (Å²) in [6.07, 6.45) is -1.32. The van der Waals surface area contributed by atoms with E-state index in [2.05, 4.69) is 31.9 Å². The molecule has 0 saturated carbocycles. The molecule has 0 N–H and O–H groups in total. The number of alkyl halides is 2. The van der Waals surface area contributed by atoms with Crippen molar-refractivity contribution in [2.45, 2.75) is 75.9 Å². The SMILES string of the molecule is CC(Br)c1cc(OC(=O)Oc2cc(C(C)Br)cc(C(C)(C)C)c2[N+](=O)[O-])c([N+](=O)[O-])c(C(C)(C)C)c1. The van der Waals surface area contributed by atoms with E-state index in [9.17, 15) is 25.0 Å². The number of halogens is 2. The highest BCUT2D eigenvalue weighted by atomic mass is 79.9. The lowest BCUT2D eigenvalue weighted by atomic mass is 9.84. The molecule has 2 rings (SSSR count). The third-order valence-electron chi connectivity index (χ3n) is 5.48. The Bertz CT molecular complexity index is 1100. The van der Waals surface area contributed by atoms with Crippen LogP contribution in [0.3, 0.4) is 0 Å². The van der Waals surface area contributed by atoms with Crippen LogP contribution in [0.4, 0.5) is 16.2 Å². The molecule has 0 fully saturated rings. The van der Waals surface area contributed by atoms with Crippen LogP contribution in [0.15, 0.2) is 24.3 Å². The molecule has 0 bridgehead atoms. The fourth-order valence-corrected chi connectivity index (χ4v) is 4.12. The van der Waals surface area contributed by atoms with Gasteiger partial charge in [0.2, 0.25) is 11.5 Å². The standard InChI is InChI=1S/C25H30Br2N2O7/c1-13(26)15-9-17(24(3,4)5)21(28(31)32)19(11-15)35-23(30)36-20-12-16(14(2)27)10-18(25(6,7)8)22(20)29(33)34/h9-14H,1-8H3. The average Bonchev–Trinajstić information content (AvgIpc) is 2.70. The van der Waals surface area contributed by atoms with Gasteiger partial charge in [-0.25, -0.2) is 4.79 Å². The minimum absolute atomic E-state index is 0.190. The maximum Gasteiger partial charge on any atom is 0.519 e. The van der Waals surface area contributed by atoms with Gasteiger partial charge in [0.15, 0.2) is 0 Å². The van der Waals surface area contributed by atoms with Crippen LogP contribution in [-0.2, 0) is 10.8 Å². The summed E-state index contributed by atoms with van der Waals surface area (Å²) in [5.74, 6) is -0.607. The first kappa shape index (κ1) is 29.7. The zero-order chi connectivity index (χ0) is 27.7. The molecule has 2 atom stereocenters. The summed E-state index contributed by atoms with van der Waals surface area (Å²) in [6.45, 7) is 14.5. The summed E-state index contributed by atoms with van der Waals surface area (Å²) in [6, 6.07) is 6.16. The molecule has 0 radical (unpaired) electrons. The number of nitrogens with zero attached hydrogens (tertiary/aromatic N) is 2. The van der Waals surface area contributed by atoms with E-state index in [-0.39, 0.29) is 32.5 Å². The second kappa shape index (κ2) is 10.8. The average molecular weight is 630 g/mol. The summed E-state index contributed by atoms with van der Waals surface area (Å²) in [7, 11) is 0. The maximum absolute atomic E-state index is 12.9. The lowest BCUT2D eigenvalue weighted by Crippen LogP contribution is -2.20. The van der Waals surface area contributed by atoms with Crippen molar-refractivity contribution in [2.75, 3.05) is 0 Å². The molecular formula is C25H30Br2N2O7. The summed E-state index contributed by atoms with van der Waals surface area (Å²) in [5.41, 5.74) is 0.0407. The molecular weight excluding hydrogens is 600 g/mol. The Hall–Kier alpha value is -2.53. The molecule has 0 heterocycles. The Morgan fingerprint density at radius 2 is 1.06 bits per heavy atom. The fraction of sp³-hybridized carbons (Fsp3) is 0.480. The van der Waals surface area contributed by atoms with Gasteiger partial charge in [-0.1, -0.05) is 73.4 Å². The van der Waals surface area contributed by atoms with Crippen LogP contribution in [0, 0.1) is 20.2 Å². The smallest absolute Gasteiger partial charge is 0.387 e. The number of carbonyl (C=O) groups is 1. The van der Waals surface area contributed by atoms with Crippen LogP contribution in [0.5, 0.6) is 11.5 Å². The maximum atomic E-state index is 12.9. The number of ether oxygens (including phenoxy) is 2. The predicted octanol–water partition coefficient (Wildman–Crippen LogP) is 8.59. The van der Waals surface area contributed by atoms with Gasteiger partial charge in [-0.15, -0.1) is 0 Å². The molecule has 0 aliphatic heterocycles. The number of rotatable bonds is 6. The van der Waals surface area contributed by atoms with Gasteiger partial charge in [-0.2, -0.15) is 0 Å². The largest absolute Gasteiger partial charge is 0.519 e. The highest BCUT2D eigenvalue weighted by Gasteiger charge is 2.34. The molecule has 0 aromatic heterocycles. The molecule has 2 aromatic rings. The number of carbonyl (C=O) groups excluding carboxylic acids is 1. The molecule has 36 heavy (non-hydrogen) atoms. The van der Waals surface area contributed by atoms with E-state index in [1.54, 1.807) is 12.1 Å². The van der Waals surface area contributed by atoms with E-state index in [1.807, 2.05) is 55.4 Å². The van der Waals surface area contributed by atoms with E-state index < -0.39 is 26.8 Å². The van der Waals surface area contributed by atoms with Crippen LogP contribution >= 0.6 is 31.9 Å². The van der Waals surface area contributed by atoms with Crippen molar-refractivity contribution in [3.8, 4) is 11.5 Å². The molecule has 0 saturated heterocycles. The third-order valence-corrected chi connectivity index (χ3v) is 6.54. The zero-order valence-corrected chi connectivity index (χ0v) is 24.6. The third kappa shape index (κ3) is 6.82. The van der Waals surface area contributed by atoms with Crippen LogP contribution in [0.1, 0.15) is 87.3 Å².